The van der Waals surface area contributed by atoms with Crippen molar-refractivity contribution in [1.29, 1.82) is 0 Å². The van der Waals surface area contributed by atoms with Gasteiger partial charge in [-0.25, -0.2) is 0 Å². The molecule has 4 aromatic carbocycles. The number of azide groups is 1. The first-order valence-electron chi connectivity index (χ1n) is 7.46. The maximum absolute atomic E-state index is 7.62. The molecular formula is C18H12N6Pb. The van der Waals surface area contributed by atoms with Crippen LogP contribution in [0, 0.1) is 0 Å². The van der Waals surface area contributed by atoms with Crippen LogP contribution >= 0.6 is 0 Å². The second-order valence-corrected chi connectivity index (χ2v) is 7.56. The standard InChI is InChI=1S/C18H12.2N3.Pb/c1-2-6-14-10-18-12-16-8-4-3-7-15(16)11-17(18)9-13(14)5-1;2*1-3-2;/h1-12H;;;/q;2*-1;+2. The average Bonchev–Trinajstić information content (AvgIpc) is 2.65. The van der Waals surface area contributed by atoms with Gasteiger partial charge in [-0.1, -0.05) is 48.5 Å². The number of rotatable bonds is 2. The molecule has 2 radical (unpaired) electrons. The molecule has 4 aromatic rings. The van der Waals surface area contributed by atoms with E-state index in [9.17, 15) is 0 Å². The fourth-order valence-corrected chi connectivity index (χ4v) is 3.16. The van der Waals surface area contributed by atoms with Crippen LogP contribution in [-0.2, 0) is 0 Å². The molecule has 0 aliphatic rings. The Hall–Kier alpha value is -2.80. The van der Waals surface area contributed by atoms with E-state index in [2.05, 4.69) is 88.5 Å². The van der Waals surface area contributed by atoms with Crippen LogP contribution in [0.1, 0.15) is 0 Å². The molecule has 4 rings (SSSR count). The first-order valence-corrected chi connectivity index (χ1v) is 10.9. The Balaban J connectivity index is 0.000000225. The second-order valence-electron chi connectivity index (χ2n) is 5.22. The summed E-state index contributed by atoms with van der Waals surface area (Å²) in [5.41, 5.74) is 15.2. The molecule has 0 saturated heterocycles. The van der Waals surface area contributed by atoms with E-state index in [-0.39, 0.29) is 0 Å². The van der Waals surface area contributed by atoms with Gasteiger partial charge in [-0.2, -0.15) is 0 Å². The Kier molecular flexibility index (Phi) is 5.69. The van der Waals surface area contributed by atoms with Crippen molar-refractivity contribution in [1.82, 2.24) is 0 Å². The normalized spacial score (nSPS) is 9.76. The largest absolute Gasteiger partial charge is 0.0616 e. The summed E-state index contributed by atoms with van der Waals surface area (Å²) < 4.78 is 6.23. The Morgan fingerprint density at radius 2 is 0.880 bits per heavy atom. The van der Waals surface area contributed by atoms with Crippen molar-refractivity contribution < 1.29 is 0 Å². The Bertz CT molecular complexity index is 984. The molecule has 0 aliphatic carbocycles. The van der Waals surface area contributed by atoms with E-state index in [1.54, 1.807) is 0 Å². The Morgan fingerprint density at radius 3 is 1.16 bits per heavy atom. The summed E-state index contributed by atoms with van der Waals surface area (Å²) in [4.78, 5) is 4.84. The summed E-state index contributed by atoms with van der Waals surface area (Å²) in [6.07, 6.45) is 0. The third-order valence-electron chi connectivity index (χ3n) is 3.75. The van der Waals surface area contributed by atoms with Crippen LogP contribution in [0.25, 0.3) is 53.2 Å². The molecule has 0 aromatic heterocycles. The smallest absolute Gasteiger partial charge is 0.0171 e. The summed E-state index contributed by atoms with van der Waals surface area (Å²) in [6, 6.07) is 26.2. The molecule has 0 spiro atoms. The quantitative estimate of drug-likeness (QED) is 0.0978. The van der Waals surface area contributed by atoms with Crippen molar-refractivity contribution in [3.63, 3.8) is 0 Å². The van der Waals surface area contributed by atoms with Crippen molar-refractivity contribution in [3.8, 4) is 0 Å². The van der Waals surface area contributed by atoms with Crippen LogP contribution in [0.2, 0.25) is 0 Å². The van der Waals surface area contributed by atoms with Gasteiger partial charge in [-0.05, 0) is 56.6 Å². The van der Waals surface area contributed by atoms with Crippen molar-refractivity contribution in [3.05, 3.63) is 93.7 Å². The van der Waals surface area contributed by atoms with Crippen LogP contribution in [0.4, 0.5) is 0 Å². The molecule has 0 bridgehead atoms. The van der Waals surface area contributed by atoms with Crippen LogP contribution in [0.15, 0.2) is 78.6 Å². The van der Waals surface area contributed by atoms with E-state index in [1.807, 2.05) is 0 Å². The van der Waals surface area contributed by atoms with Crippen molar-refractivity contribution >= 4 is 57.1 Å². The summed E-state index contributed by atoms with van der Waals surface area (Å²) >= 11 is -1.58. The number of fused-ring (bicyclic) bond motifs is 3. The van der Waals surface area contributed by atoms with Crippen LogP contribution in [-0.4, -0.2) is 24.8 Å². The van der Waals surface area contributed by atoms with Gasteiger partial charge in [0.15, 0.2) is 0 Å². The predicted molar refractivity (Wildman–Crippen MR) is 103 cm³/mol. The Morgan fingerprint density at radius 1 is 0.560 bits per heavy atom. The van der Waals surface area contributed by atoms with Gasteiger partial charge in [0.1, 0.15) is 0 Å². The first-order chi connectivity index (χ1) is 12.3. The molecule has 0 heterocycles. The summed E-state index contributed by atoms with van der Waals surface area (Å²) in [6.45, 7) is 0. The van der Waals surface area contributed by atoms with E-state index >= 15 is 0 Å². The topological polar surface area (TPSA) is 97.5 Å². The van der Waals surface area contributed by atoms with Gasteiger partial charge < -0.3 is 0 Å². The third kappa shape index (κ3) is 4.19. The van der Waals surface area contributed by atoms with Crippen LogP contribution < -0.4 is 0 Å². The number of hydrogen-bond acceptors (Lipinski definition) is 2. The van der Waals surface area contributed by atoms with Crippen molar-refractivity contribution in [2.75, 3.05) is 0 Å². The molecular weight excluding hydrogens is 507 g/mol. The summed E-state index contributed by atoms with van der Waals surface area (Å²) in [7, 11) is 0. The van der Waals surface area contributed by atoms with Crippen molar-refractivity contribution in [2.45, 2.75) is 0 Å². The number of nitrogens with zero attached hydrogens (tertiary/aromatic N) is 6. The molecule has 0 atom stereocenters. The molecule has 25 heavy (non-hydrogen) atoms. The van der Waals surface area contributed by atoms with Crippen molar-refractivity contribution in [2.24, 2.45) is 5.85 Å². The first kappa shape index (κ1) is 17.0. The summed E-state index contributed by atoms with van der Waals surface area (Å²) in [5, 5.41) is 7.85. The third-order valence-corrected chi connectivity index (χ3v) is 5.14. The van der Waals surface area contributed by atoms with E-state index in [4.69, 9.17) is 11.1 Å². The number of benzene rings is 4. The zero-order valence-corrected chi connectivity index (χ0v) is 17.0. The number of hydrogen-bond donors (Lipinski definition) is 0. The molecule has 7 heteroatoms. The zero-order chi connectivity index (χ0) is 17.5. The molecule has 118 valence electrons. The SMILES string of the molecule is [N-]=[N+]=[N][Pb][N]=[N+]=[N-].c1ccc2cc3cc4ccccc4cc3cc2c1. The minimum absolute atomic E-state index is 1.31. The summed E-state index contributed by atoms with van der Waals surface area (Å²) in [5.74, 6) is 0. The van der Waals surface area contributed by atoms with Gasteiger partial charge in [0, 0.05) is 0 Å². The maximum atomic E-state index is 7.62. The fourth-order valence-electron chi connectivity index (χ4n) is 2.69. The minimum atomic E-state index is -1.58. The fraction of sp³-hybridized carbons (Fsp3) is 0. The van der Waals surface area contributed by atoms with E-state index in [0.717, 1.165) is 0 Å². The zero-order valence-electron chi connectivity index (χ0n) is 13.1. The predicted octanol–water partition coefficient (Wildman–Crippen LogP) is 6.29. The minimum Gasteiger partial charge on any atom is -0.0616 e. The van der Waals surface area contributed by atoms with Crippen LogP contribution in [0.5, 0.6) is 0 Å². The van der Waals surface area contributed by atoms with Gasteiger partial charge in [0.25, 0.3) is 0 Å². The van der Waals surface area contributed by atoms with Gasteiger partial charge in [0.2, 0.25) is 0 Å². The molecule has 0 N–H and O–H groups in total. The molecule has 0 amide bonds. The van der Waals surface area contributed by atoms with E-state index in [0.29, 0.717) is 0 Å². The van der Waals surface area contributed by atoms with Gasteiger partial charge in [0.05, 0.1) is 0 Å². The maximum Gasteiger partial charge on any atom is -0.0171 e. The van der Waals surface area contributed by atoms with Gasteiger partial charge >= 0.3 is 51.6 Å². The molecule has 0 saturated carbocycles. The molecule has 0 unspecified atom stereocenters. The van der Waals surface area contributed by atoms with Gasteiger partial charge in [-0.3, -0.25) is 0 Å². The monoisotopic (exact) mass is 520 g/mol. The Labute approximate surface area is 156 Å². The molecule has 6 nitrogen and oxygen atoms in total. The van der Waals surface area contributed by atoms with Crippen LogP contribution in [0.3, 0.4) is 0 Å². The second kappa shape index (κ2) is 8.34. The van der Waals surface area contributed by atoms with E-state index < -0.39 is 24.8 Å². The van der Waals surface area contributed by atoms with E-state index in [1.165, 1.54) is 32.3 Å². The molecule has 0 fully saturated rings. The average molecular weight is 520 g/mol. The molecule has 0 aliphatic heterocycles. The van der Waals surface area contributed by atoms with Gasteiger partial charge in [-0.15, -0.1) is 0 Å².